The predicted molar refractivity (Wildman–Crippen MR) is 76.9 cm³/mol. The number of para-hydroxylation sites is 1. The van der Waals surface area contributed by atoms with Crippen molar-refractivity contribution in [3.63, 3.8) is 0 Å². The first-order valence-corrected chi connectivity index (χ1v) is 6.09. The van der Waals surface area contributed by atoms with Crippen molar-refractivity contribution in [2.24, 2.45) is 5.10 Å². The van der Waals surface area contributed by atoms with E-state index in [1.54, 1.807) is 24.4 Å². The average Bonchev–Trinajstić information content (AvgIpc) is 2.44. The van der Waals surface area contributed by atoms with Gasteiger partial charge in [0, 0.05) is 5.56 Å². The third kappa shape index (κ3) is 3.74. The molecule has 98 valence electrons. The average molecular weight is 256 g/mol. The van der Waals surface area contributed by atoms with E-state index < -0.39 is 0 Å². The topological polar surface area (TPSA) is 53.9 Å². The van der Waals surface area contributed by atoms with E-state index in [0.29, 0.717) is 17.9 Å². The monoisotopic (exact) mass is 256 g/mol. The molecule has 0 heterocycles. The zero-order chi connectivity index (χ0) is 13.5. The molecule has 0 spiro atoms. The van der Waals surface area contributed by atoms with Crippen LogP contribution < -0.4 is 10.2 Å². The number of aromatic hydroxyl groups is 1. The number of anilines is 1. The number of rotatable bonds is 5. The van der Waals surface area contributed by atoms with Gasteiger partial charge < -0.3 is 9.84 Å². The molecule has 0 aliphatic rings. The molecule has 0 aliphatic heterocycles. The third-order valence-electron chi connectivity index (χ3n) is 2.48. The fourth-order valence-electron chi connectivity index (χ4n) is 1.58. The zero-order valence-corrected chi connectivity index (χ0v) is 10.7. The minimum atomic E-state index is 0.169. The van der Waals surface area contributed by atoms with Crippen molar-refractivity contribution in [2.45, 2.75) is 6.92 Å². The molecule has 0 aliphatic carbocycles. The molecular weight excluding hydrogens is 240 g/mol. The number of ether oxygens (including phenoxy) is 1. The maximum Gasteiger partial charge on any atom is 0.124 e. The number of nitrogens with one attached hydrogen (secondary N) is 1. The van der Waals surface area contributed by atoms with Gasteiger partial charge in [-0.05, 0) is 37.3 Å². The van der Waals surface area contributed by atoms with Crippen LogP contribution in [0.4, 0.5) is 5.69 Å². The lowest BCUT2D eigenvalue weighted by molar-refractivity contribution is 0.339. The standard InChI is InChI=1S/C15H16N2O2/c1-2-19-14-8-9-15(18)12(10-14)11-16-17-13-6-4-3-5-7-13/h3-11,17-18H,2H2,1H3. The second-order valence-corrected chi connectivity index (χ2v) is 3.89. The molecule has 0 saturated heterocycles. The molecule has 2 N–H and O–H groups in total. The van der Waals surface area contributed by atoms with E-state index in [9.17, 15) is 5.11 Å². The molecule has 0 amide bonds. The molecule has 0 atom stereocenters. The Balaban J connectivity index is 2.07. The number of phenolic OH excluding ortho intramolecular Hbond substituents is 1. The van der Waals surface area contributed by atoms with Crippen LogP contribution in [-0.4, -0.2) is 17.9 Å². The molecule has 0 unspecified atom stereocenters. The van der Waals surface area contributed by atoms with E-state index in [4.69, 9.17) is 4.74 Å². The molecule has 2 aromatic carbocycles. The molecule has 19 heavy (non-hydrogen) atoms. The Morgan fingerprint density at radius 2 is 2.00 bits per heavy atom. The van der Waals surface area contributed by atoms with Crippen LogP contribution in [0.25, 0.3) is 0 Å². The molecule has 2 rings (SSSR count). The van der Waals surface area contributed by atoms with Gasteiger partial charge >= 0.3 is 0 Å². The second-order valence-electron chi connectivity index (χ2n) is 3.89. The van der Waals surface area contributed by atoms with Gasteiger partial charge in [0.1, 0.15) is 11.5 Å². The highest BCUT2D eigenvalue weighted by atomic mass is 16.5. The van der Waals surface area contributed by atoms with Gasteiger partial charge in [-0.1, -0.05) is 18.2 Å². The number of nitrogens with zero attached hydrogens (tertiary/aromatic N) is 1. The minimum absolute atomic E-state index is 0.169. The van der Waals surface area contributed by atoms with Crippen LogP contribution in [0.2, 0.25) is 0 Å². The normalized spacial score (nSPS) is 10.6. The molecule has 4 heteroatoms. The molecule has 0 radical (unpaired) electrons. The van der Waals surface area contributed by atoms with Gasteiger partial charge in [0.2, 0.25) is 0 Å². The highest BCUT2D eigenvalue weighted by Crippen LogP contribution is 2.21. The van der Waals surface area contributed by atoms with Gasteiger partial charge in [-0.15, -0.1) is 0 Å². The minimum Gasteiger partial charge on any atom is -0.507 e. The Labute approximate surface area is 112 Å². The number of phenols is 1. The Hall–Kier alpha value is -2.49. The highest BCUT2D eigenvalue weighted by molar-refractivity contribution is 5.84. The van der Waals surface area contributed by atoms with Crippen LogP contribution in [-0.2, 0) is 0 Å². The fourth-order valence-corrected chi connectivity index (χ4v) is 1.58. The number of hydrogen-bond donors (Lipinski definition) is 2. The molecular formula is C15H16N2O2. The van der Waals surface area contributed by atoms with Crippen molar-refractivity contribution in [3.8, 4) is 11.5 Å². The van der Waals surface area contributed by atoms with Crippen molar-refractivity contribution in [3.05, 3.63) is 54.1 Å². The summed E-state index contributed by atoms with van der Waals surface area (Å²) in [6, 6.07) is 14.7. The first-order valence-electron chi connectivity index (χ1n) is 6.09. The van der Waals surface area contributed by atoms with Crippen LogP contribution in [0, 0.1) is 0 Å². The van der Waals surface area contributed by atoms with Gasteiger partial charge in [-0.25, -0.2) is 0 Å². The van der Waals surface area contributed by atoms with Crippen LogP contribution >= 0.6 is 0 Å². The summed E-state index contributed by atoms with van der Waals surface area (Å²) < 4.78 is 5.37. The summed E-state index contributed by atoms with van der Waals surface area (Å²) in [4.78, 5) is 0. The van der Waals surface area contributed by atoms with Crippen LogP contribution in [0.5, 0.6) is 11.5 Å². The number of hydrazone groups is 1. The van der Waals surface area contributed by atoms with Crippen molar-refractivity contribution in [2.75, 3.05) is 12.0 Å². The molecule has 0 aromatic heterocycles. The zero-order valence-electron chi connectivity index (χ0n) is 10.7. The summed E-state index contributed by atoms with van der Waals surface area (Å²) in [6.07, 6.45) is 1.56. The van der Waals surface area contributed by atoms with Gasteiger partial charge in [-0.3, -0.25) is 5.43 Å². The van der Waals surface area contributed by atoms with Crippen molar-refractivity contribution in [1.29, 1.82) is 0 Å². The molecule has 2 aromatic rings. The van der Waals surface area contributed by atoms with E-state index >= 15 is 0 Å². The lowest BCUT2D eigenvalue weighted by atomic mass is 10.2. The third-order valence-corrected chi connectivity index (χ3v) is 2.48. The largest absolute Gasteiger partial charge is 0.507 e. The predicted octanol–water partition coefficient (Wildman–Crippen LogP) is 3.24. The Morgan fingerprint density at radius 1 is 1.21 bits per heavy atom. The Morgan fingerprint density at radius 3 is 2.74 bits per heavy atom. The van der Waals surface area contributed by atoms with E-state index in [0.717, 1.165) is 5.69 Å². The summed E-state index contributed by atoms with van der Waals surface area (Å²) in [5.41, 5.74) is 4.38. The van der Waals surface area contributed by atoms with E-state index in [1.807, 2.05) is 37.3 Å². The van der Waals surface area contributed by atoms with E-state index in [-0.39, 0.29) is 5.75 Å². The summed E-state index contributed by atoms with van der Waals surface area (Å²) in [5.74, 6) is 0.878. The molecule has 0 fully saturated rings. The van der Waals surface area contributed by atoms with Crippen LogP contribution in [0.1, 0.15) is 12.5 Å². The molecule has 0 bridgehead atoms. The van der Waals surface area contributed by atoms with Gasteiger partial charge in [0.25, 0.3) is 0 Å². The lowest BCUT2D eigenvalue weighted by Gasteiger charge is -2.05. The summed E-state index contributed by atoms with van der Waals surface area (Å²) >= 11 is 0. The van der Waals surface area contributed by atoms with Crippen molar-refractivity contribution in [1.82, 2.24) is 0 Å². The van der Waals surface area contributed by atoms with Crippen molar-refractivity contribution >= 4 is 11.9 Å². The summed E-state index contributed by atoms with van der Waals surface area (Å²) in [7, 11) is 0. The van der Waals surface area contributed by atoms with Crippen molar-refractivity contribution < 1.29 is 9.84 Å². The maximum atomic E-state index is 9.73. The number of benzene rings is 2. The smallest absolute Gasteiger partial charge is 0.124 e. The summed E-state index contributed by atoms with van der Waals surface area (Å²) in [5, 5.41) is 13.8. The maximum absolute atomic E-state index is 9.73. The quantitative estimate of drug-likeness (QED) is 0.638. The fraction of sp³-hybridized carbons (Fsp3) is 0.133. The van der Waals surface area contributed by atoms with Gasteiger partial charge in [0.15, 0.2) is 0 Å². The first kappa shape index (κ1) is 13.0. The molecule has 0 saturated carbocycles. The highest BCUT2D eigenvalue weighted by Gasteiger charge is 2.00. The lowest BCUT2D eigenvalue weighted by Crippen LogP contribution is -1.94. The van der Waals surface area contributed by atoms with Crippen LogP contribution in [0.15, 0.2) is 53.6 Å². The first-order chi connectivity index (χ1) is 9.29. The number of hydrogen-bond acceptors (Lipinski definition) is 4. The van der Waals surface area contributed by atoms with Crippen LogP contribution in [0.3, 0.4) is 0 Å². The Bertz CT molecular complexity index is 553. The van der Waals surface area contributed by atoms with Gasteiger partial charge in [0.05, 0.1) is 18.5 Å². The van der Waals surface area contributed by atoms with Gasteiger partial charge in [-0.2, -0.15) is 5.10 Å². The van der Waals surface area contributed by atoms with E-state index in [2.05, 4.69) is 10.5 Å². The Kier molecular flexibility index (Phi) is 4.39. The SMILES string of the molecule is CCOc1ccc(O)c(C=NNc2ccccc2)c1. The molecule has 4 nitrogen and oxygen atoms in total. The second kappa shape index (κ2) is 6.44. The van der Waals surface area contributed by atoms with E-state index in [1.165, 1.54) is 0 Å². The summed E-state index contributed by atoms with van der Waals surface area (Å²) in [6.45, 7) is 2.50.